The molecule has 8 heteroatoms. The summed E-state index contributed by atoms with van der Waals surface area (Å²) in [5.74, 6) is 0.920. The fraction of sp³-hybridized carbons (Fsp3) is 0.269. The molecule has 0 spiro atoms. The summed E-state index contributed by atoms with van der Waals surface area (Å²) in [5, 5.41) is 18.8. The summed E-state index contributed by atoms with van der Waals surface area (Å²) in [6, 6.07) is 12.7. The molecule has 2 aromatic heterocycles. The van der Waals surface area contributed by atoms with Crippen LogP contribution in [0.2, 0.25) is 0 Å². The number of ether oxygens (including phenoxy) is 1. The number of benzene rings is 2. The number of likely N-dealkylation sites (tertiary alicyclic amines) is 1. The van der Waals surface area contributed by atoms with Gasteiger partial charge in [0, 0.05) is 31.4 Å². The van der Waals surface area contributed by atoms with Gasteiger partial charge in [0.05, 0.1) is 23.9 Å². The van der Waals surface area contributed by atoms with Crippen molar-refractivity contribution in [2.24, 2.45) is 0 Å². The van der Waals surface area contributed by atoms with Crippen LogP contribution in [-0.2, 0) is 0 Å². The Morgan fingerprint density at radius 1 is 1.18 bits per heavy atom. The summed E-state index contributed by atoms with van der Waals surface area (Å²) in [7, 11) is 1.61. The second-order valence-electron chi connectivity index (χ2n) is 8.62. The monoisotopic (exact) mass is 458 g/mol. The quantitative estimate of drug-likeness (QED) is 0.488. The number of amides is 2. The maximum Gasteiger partial charge on any atom is 0.256 e. The molecule has 5 rings (SSSR count). The highest BCUT2D eigenvalue weighted by Gasteiger charge is 2.34. The lowest BCUT2D eigenvalue weighted by Crippen LogP contribution is -2.37. The lowest BCUT2D eigenvalue weighted by molar-refractivity contribution is 0.0666. The van der Waals surface area contributed by atoms with Gasteiger partial charge in [0.15, 0.2) is 5.75 Å². The van der Waals surface area contributed by atoms with Crippen LogP contribution in [0, 0.1) is 6.92 Å². The van der Waals surface area contributed by atoms with Gasteiger partial charge < -0.3 is 20.1 Å². The molecule has 0 aliphatic carbocycles. The number of aliphatic hydroxyl groups is 1. The van der Waals surface area contributed by atoms with Crippen molar-refractivity contribution in [1.29, 1.82) is 0 Å². The summed E-state index contributed by atoms with van der Waals surface area (Å²) in [6.45, 7) is 4.27. The Labute approximate surface area is 196 Å². The van der Waals surface area contributed by atoms with Gasteiger partial charge in [0.25, 0.3) is 11.8 Å². The van der Waals surface area contributed by atoms with Crippen LogP contribution in [0.15, 0.2) is 54.9 Å². The molecule has 0 bridgehead atoms. The molecule has 3 heterocycles. The van der Waals surface area contributed by atoms with Crippen LogP contribution in [0.25, 0.3) is 16.3 Å². The first kappa shape index (κ1) is 21.9. The Kier molecular flexibility index (Phi) is 5.45. The normalized spacial score (nSPS) is 17.9. The van der Waals surface area contributed by atoms with Gasteiger partial charge in [-0.3, -0.25) is 9.59 Å². The van der Waals surface area contributed by atoms with Crippen molar-refractivity contribution in [2.75, 3.05) is 13.6 Å². The van der Waals surface area contributed by atoms with Crippen molar-refractivity contribution in [2.45, 2.75) is 32.4 Å². The molecular formula is C26H26N4O4. The number of aromatic nitrogens is 2. The molecule has 2 atom stereocenters. The molecule has 174 valence electrons. The van der Waals surface area contributed by atoms with Gasteiger partial charge in [0.2, 0.25) is 0 Å². The number of rotatable bonds is 4. The van der Waals surface area contributed by atoms with Crippen LogP contribution in [0.5, 0.6) is 11.5 Å². The molecule has 0 saturated carbocycles. The molecule has 1 aliphatic heterocycles. The van der Waals surface area contributed by atoms with Crippen LogP contribution in [0.4, 0.5) is 0 Å². The second-order valence-corrected chi connectivity index (χ2v) is 8.62. The average molecular weight is 459 g/mol. The van der Waals surface area contributed by atoms with Gasteiger partial charge in [-0.15, -0.1) is 0 Å². The second kappa shape index (κ2) is 8.46. The number of hydrogen-bond acceptors (Lipinski definition) is 5. The van der Waals surface area contributed by atoms with Crippen molar-refractivity contribution in [3.63, 3.8) is 0 Å². The maximum absolute atomic E-state index is 13.2. The zero-order chi connectivity index (χ0) is 24.0. The lowest BCUT2D eigenvalue weighted by Gasteiger charge is -2.22. The molecule has 0 radical (unpaired) electrons. The summed E-state index contributed by atoms with van der Waals surface area (Å²) in [6.07, 6.45) is 3.42. The van der Waals surface area contributed by atoms with E-state index in [4.69, 9.17) is 4.74 Å². The molecule has 8 nitrogen and oxygen atoms in total. The lowest BCUT2D eigenvalue weighted by atomic mass is 10.0. The highest BCUT2D eigenvalue weighted by Crippen LogP contribution is 2.33. The molecule has 1 aliphatic rings. The molecule has 1 fully saturated rings. The number of carbonyl (C=O) groups excluding carboxylic acids is 2. The van der Waals surface area contributed by atoms with Crippen LogP contribution >= 0.6 is 0 Å². The first-order valence-electron chi connectivity index (χ1n) is 11.3. The molecule has 34 heavy (non-hydrogen) atoms. The molecule has 2 amide bonds. The fourth-order valence-corrected chi connectivity index (χ4v) is 4.67. The minimum Gasteiger partial charge on any atom is -0.455 e. The summed E-state index contributed by atoms with van der Waals surface area (Å²) in [4.78, 5) is 27.1. The third-order valence-corrected chi connectivity index (χ3v) is 6.65. The van der Waals surface area contributed by atoms with Gasteiger partial charge in [-0.25, -0.2) is 4.52 Å². The molecule has 1 saturated heterocycles. The fourth-order valence-electron chi connectivity index (χ4n) is 4.67. The van der Waals surface area contributed by atoms with Crippen LogP contribution < -0.4 is 10.1 Å². The summed E-state index contributed by atoms with van der Waals surface area (Å²) < 4.78 is 7.89. The molecule has 4 aromatic rings. The Hall–Kier alpha value is -3.91. The standard InChI is InChI=1S/C26H26N4O4/c1-15-21(26(33)29-12-10-22(31)16(29)2)14-30-24(15)23(9-11-28-30)34-18-7-8-19-17(13-18)5-4-6-20(19)25(32)27-3/h4-9,11,13-14,16,22,31H,10,12H2,1-3H3,(H,27,32)/t16-,22+/m0/s1. The smallest absolute Gasteiger partial charge is 0.256 e. The number of aryl methyl sites for hydroxylation is 1. The first-order chi connectivity index (χ1) is 16.4. The van der Waals surface area contributed by atoms with E-state index in [-0.39, 0.29) is 17.9 Å². The first-order valence-corrected chi connectivity index (χ1v) is 11.3. The van der Waals surface area contributed by atoms with E-state index in [0.717, 1.165) is 16.3 Å². The van der Waals surface area contributed by atoms with Crippen molar-refractivity contribution in [3.05, 3.63) is 71.5 Å². The summed E-state index contributed by atoms with van der Waals surface area (Å²) >= 11 is 0. The van der Waals surface area contributed by atoms with Crippen LogP contribution in [0.3, 0.4) is 0 Å². The van der Waals surface area contributed by atoms with E-state index in [0.29, 0.717) is 41.1 Å². The van der Waals surface area contributed by atoms with Gasteiger partial charge in [-0.1, -0.05) is 12.1 Å². The zero-order valence-electron chi connectivity index (χ0n) is 19.3. The van der Waals surface area contributed by atoms with E-state index in [1.54, 1.807) is 41.0 Å². The van der Waals surface area contributed by atoms with Crippen molar-refractivity contribution < 1.29 is 19.4 Å². The molecule has 2 aromatic carbocycles. The van der Waals surface area contributed by atoms with E-state index in [1.165, 1.54) is 0 Å². The number of nitrogens with one attached hydrogen (secondary N) is 1. The Bertz CT molecular complexity index is 1430. The Morgan fingerprint density at radius 3 is 2.74 bits per heavy atom. The maximum atomic E-state index is 13.2. The van der Waals surface area contributed by atoms with Crippen LogP contribution in [-0.4, -0.2) is 57.2 Å². The largest absolute Gasteiger partial charge is 0.455 e. The van der Waals surface area contributed by atoms with E-state index < -0.39 is 6.10 Å². The highest BCUT2D eigenvalue weighted by molar-refractivity contribution is 6.07. The van der Waals surface area contributed by atoms with E-state index in [9.17, 15) is 14.7 Å². The van der Waals surface area contributed by atoms with Crippen molar-refractivity contribution >= 4 is 28.1 Å². The van der Waals surface area contributed by atoms with Crippen LogP contribution in [0.1, 0.15) is 39.6 Å². The third-order valence-electron chi connectivity index (χ3n) is 6.65. The SMILES string of the molecule is CNC(=O)c1cccc2cc(Oc3ccnn4cc(C(=O)N5CC[C@@H](O)[C@@H]5C)c(C)c34)ccc12. The minimum atomic E-state index is -0.505. The molecule has 2 N–H and O–H groups in total. The third kappa shape index (κ3) is 3.56. The highest BCUT2D eigenvalue weighted by atomic mass is 16.5. The molecule has 0 unspecified atom stereocenters. The number of nitrogens with zero attached hydrogens (tertiary/aromatic N) is 3. The number of hydrogen-bond donors (Lipinski definition) is 2. The van der Waals surface area contributed by atoms with Crippen molar-refractivity contribution in [3.8, 4) is 11.5 Å². The van der Waals surface area contributed by atoms with Gasteiger partial charge in [-0.05, 0) is 60.9 Å². The Balaban J connectivity index is 1.51. The van der Waals surface area contributed by atoms with Gasteiger partial charge in [-0.2, -0.15) is 5.10 Å². The molecular weight excluding hydrogens is 432 g/mol. The predicted molar refractivity (Wildman–Crippen MR) is 128 cm³/mol. The average Bonchev–Trinajstić information content (AvgIpc) is 3.37. The van der Waals surface area contributed by atoms with E-state index >= 15 is 0 Å². The van der Waals surface area contributed by atoms with Crippen molar-refractivity contribution in [1.82, 2.24) is 19.8 Å². The number of fused-ring (bicyclic) bond motifs is 2. The van der Waals surface area contributed by atoms with E-state index in [2.05, 4.69) is 10.4 Å². The summed E-state index contributed by atoms with van der Waals surface area (Å²) in [5.41, 5.74) is 2.62. The van der Waals surface area contributed by atoms with Gasteiger partial charge >= 0.3 is 0 Å². The topological polar surface area (TPSA) is 96.2 Å². The number of carbonyl (C=O) groups is 2. The van der Waals surface area contributed by atoms with Gasteiger partial charge in [0.1, 0.15) is 11.3 Å². The zero-order valence-corrected chi connectivity index (χ0v) is 19.3. The predicted octanol–water partition coefficient (Wildman–Crippen LogP) is 3.54. The van der Waals surface area contributed by atoms with E-state index in [1.807, 2.05) is 44.2 Å². The Morgan fingerprint density at radius 2 is 2.00 bits per heavy atom. The number of aliphatic hydroxyl groups excluding tert-OH is 1. The minimum absolute atomic E-state index is 0.120.